The number of benzene rings is 8. The molecule has 0 aliphatic rings. The van der Waals surface area contributed by atoms with Gasteiger partial charge in [0, 0.05) is 44.2 Å². The number of aromatic nitrogens is 4. The zero-order chi connectivity index (χ0) is 38.4. The lowest BCUT2D eigenvalue weighted by molar-refractivity contribution is 0.670. The highest BCUT2D eigenvalue weighted by Gasteiger charge is 2.18. The molecule has 0 saturated carbocycles. The fourth-order valence-corrected chi connectivity index (χ4v) is 8.82. The van der Waals surface area contributed by atoms with Gasteiger partial charge in [-0.1, -0.05) is 170 Å². The third-order valence-electron chi connectivity index (χ3n) is 10.6. The van der Waals surface area contributed by atoms with E-state index in [2.05, 4.69) is 133 Å². The first-order chi connectivity index (χ1) is 28.7. The fourth-order valence-electron chi connectivity index (χ4n) is 7.79. The Bertz CT molecular complexity index is 3230. The first-order valence-corrected chi connectivity index (χ1v) is 20.0. The van der Waals surface area contributed by atoms with Crippen molar-refractivity contribution < 1.29 is 4.42 Å². The van der Waals surface area contributed by atoms with E-state index in [1.807, 2.05) is 60.7 Å². The molecular weight excluding hydrogens is 729 g/mol. The largest absolute Gasteiger partial charge is 0.455 e. The number of fused-ring (bicyclic) bond motifs is 4. The van der Waals surface area contributed by atoms with Crippen molar-refractivity contribution in [2.75, 3.05) is 0 Å². The van der Waals surface area contributed by atoms with Crippen LogP contribution in [0.4, 0.5) is 0 Å². The summed E-state index contributed by atoms with van der Waals surface area (Å²) in [4.78, 5) is 20.1. The van der Waals surface area contributed by atoms with E-state index in [0.717, 1.165) is 81.7 Å². The van der Waals surface area contributed by atoms with Gasteiger partial charge in [0.25, 0.3) is 0 Å². The van der Waals surface area contributed by atoms with E-state index in [1.165, 1.54) is 11.1 Å². The molecule has 3 aromatic heterocycles. The molecule has 0 fully saturated rings. The van der Waals surface area contributed by atoms with Crippen LogP contribution in [-0.2, 0) is 0 Å². The second kappa shape index (κ2) is 14.2. The Morgan fingerprint density at radius 1 is 0.345 bits per heavy atom. The molecule has 3 heterocycles. The number of nitrogens with zero attached hydrogens (tertiary/aromatic N) is 4. The van der Waals surface area contributed by atoms with Gasteiger partial charge in [-0.15, -0.1) is 11.3 Å². The first kappa shape index (κ1) is 33.8. The van der Waals surface area contributed by atoms with E-state index >= 15 is 0 Å². The van der Waals surface area contributed by atoms with Crippen LogP contribution in [0.15, 0.2) is 199 Å². The molecule has 0 aliphatic carbocycles. The van der Waals surface area contributed by atoms with E-state index in [-0.39, 0.29) is 0 Å². The monoisotopic (exact) mass is 760 g/mol. The number of hydrogen-bond donors (Lipinski definition) is 0. The van der Waals surface area contributed by atoms with Crippen LogP contribution in [0.2, 0.25) is 0 Å². The molecule has 0 spiro atoms. The molecule has 58 heavy (non-hydrogen) atoms. The topological polar surface area (TPSA) is 64.7 Å². The molecule has 272 valence electrons. The molecule has 0 bridgehead atoms. The highest BCUT2D eigenvalue weighted by Crippen LogP contribution is 2.42. The summed E-state index contributed by atoms with van der Waals surface area (Å²) in [7, 11) is 0. The first-order valence-electron chi connectivity index (χ1n) is 19.2. The molecule has 0 atom stereocenters. The lowest BCUT2D eigenvalue weighted by Crippen LogP contribution is -2.00. The lowest BCUT2D eigenvalue weighted by Gasteiger charge is -2.10. The van der Waals surface area contributed by atoms with Gasteiger partial charge in [-0.2, -0.15) is 0 Å². The fraction of sp³-hybridized carbons (Fsp3) is 0. The van der Waals surface area contributed by atoms with Gasteiger partial charge in [-0.3, -0.25) is 0 Å². The molecule has 0 aliphatic heterocycles. The number of hydrogen-bond acceptors (Lipinski definition) is 6. The predicted octanol–water partition coefficient (Wildman–Crippen LogP) is 14.0. The third kappa shape index (κ3) is 6.04. The van der Waals surface area contributed by atoms with Crippen LogP contribution in [0.1, 0.15) is 0 Å². The van der Waals surface area contributed by atoms with Crippen molar-refractivity contribution in [1.82, 2.24) is 19.9 Å². The Balaban J connectivity index is 0.987. The average molecular weight is 761 g/mol. The van der Waals surface area contributed by atoms with Crippen LogP contribution in [0.25, 0.3) is 110 Å². The van der Waals surface area contributed by atoms with E-state index < -0.39 is 0 Å². The van der Waals surface area contributed by atoms with Crippen molar-refractivity contribution >= 4 is 43.5 Å². The van der Waals surface area contributed by atoms with Crippen LogP contribution in [0.3, 0.4) is 0 Å². The van der Waals surface area contributed by atoms with Crippen molar-refractivity contribution in [2.45, 2.75) is 0 Å². The quantitative estimate of drug-likeness (QED) is 0.162. The SMILES string of the molecule is c1ccc(-c2nc(-c3ccccc3)nc(-c3cccc(-c4cccc5c4oc4cc(-c6cccc7sc(-c8ccccc8-c8ccccc8)nc67)ccc45)c3)n2)cc1. The van der Waals surface area contributed by atoms with Gasteiger partial charge in [0.05, 0.1) is 10.2 Å². The summed E-state index contributed by atoms with van der Waals surface area (Å²) in [6.45, 7) is 0. The van der Waals surface area contributed by atoms with Gasteiger partial charge in [0.1, 0.15) is 16.2 Å². The van der Waals surface area contributed by atoms with E-state index in [0.29, 0.717) is 17.5 Å². The number of rotatable bonds is 7. The molecule has 0 amide bonds. The molecule has 0 N–H and O–H groups in total. The Morgan fingerprint density at radius 3 is 1.60 bits per heavy atom. The predicted molar refractivity (Wildman–Crippen MR) is 238 cm³/mol. The number of thiazole rings is 1. The number of furan rings is 1. The zero-order valence-electron chi connectivity index (χ0n) is 31.1. The number of para-hydroxylation sites is 2. The highest BCUT2D eigenvalue weighted by atomic mass is 32.1. The van der Waals surface area contributed by atoms with Gasteiger partial charge >= 0.3 is 0 Å². The van der Waals surface area contributed by atoms with Gasteiger partial charge in [0.2, 0.25) is 0 Å². The standard InChI is InChI=1S/C52H32N4OS/c1-4-15-33(16-5-1)39-23-10-11-24-44(39)52-53-47-40(25-14-28-46(47)58-52)37-29-30-42-43-27-13-26-41(48(43)57-45(42)32-37)36-21-12-22-38(31-36)51-55-49(34-17-6-2-7-18-34)54-50(56-51)35-19-8-3-9-20-35/h1-32H. The maximum atomic E-state index is 6.79. The Labute approximate surface area is 338 Å². The normalized spacial score (nSPS) is 11.4. The maximum Gasteiger partial charge on any atom is 0.164 e. The maximum absolute atomic E-state index is 6.79. The summed E-state index contributed by atoms with van der Waals surface area (Å²) in [5, 5.41) is 3.13. The molecule has 5 nitrogen and oxygen atoms in total. The Kier molecular flexibility index (Phi) is 8.26. The van der Waals surface area contributed by atoms with Crippen molar-refractivity contribution in [2.24, 2.45) is 0 Å². The van der Waals surface area contributed by atoms with Crippen LogP contribution < -0.4 is 0 Å². The summed E-state index contributed by atoms with van der Waals surface area (Å²) in [5.41, 5.74) is 13.1. The van der Waals surface area contributed by atoms with Crippen LogP contribution >= 0.6 is 11.3 Å². The molecule has 0 unspecified atom stereocenters. The van der Waals surface area contributed by atoms with Crippen LogP contribution in [0.5, 0.6) is 0 Å². The molecule has 8 aromatic carbocycles. The summed E-state index contributed by atoms with van der Waals surface area (Å²) < 4.78 is 7.94. The minimum atomic E-state index is 0.610. The molecule has 6 heteroatoms. The summed E-state index contributed by atoms with van der Waals surface area (Å²) in [5.74, 6) is 1.87. The third-order valence-corrected chi connectivity index (χ3v) is 11.7. The molecule has 0 radical (unpaired) electrons. The second-order valence-corrected chi connectivity index (χ2v) is 15.2. The molecule has 11 rings (SSSR count). The average Bonchev–Trinajstić information content (AvgIpc) is 3.92. The van der Waals surface area contributed by atoms with Crippen molar-refractivity contribution in [3.05, 3.63) is 194 Å². The van der Waals surface area contributed by atoms with E-state index in [4.69, 9.17) is 24.4 Å². The van der Waals surface area contributed by atoms with Gasteiger partial charge in [-0.05, 0) is 46.5 Å². The van der Waals surface area contributed by atoms with Crippen LogP contribution in [0, 0.1) is 0 Å². The molecule has 0 saturated heterocycles. The van der Waals surface area contributed by atoms with Crippen molar-refractivity contribution in [1.29, 1.82) is 0 Å². The van der Waals surface area contributed by atoms with E-state index in [1.54, 1.807) is 11.3 Å². The smallest absolute Gasteiger partial charge is 0.164 e. The van der Waals surface area contributed by atoms with Gasteiger partial charge in [0.15, 0.2) is 17.5 Å². The summed E-state index contributed by atoms with van der Waals surface area (Å²) in [6, 6.07) is 66.8. The zero-order valence-corrected chi connectivity index (χ0v) is 31.9. The van der Waals surface area contributed by atoms with Gasteiger partial charge < -0.3 is 4.42 Å². The Hall–Kier alpha value is -7.54. The van der Waals surface area contributed by atoms with Gasteiger partial charge in [-0.25, -0.2) is 19.9 Å². The summed E-state index contributed by atoms with van der Waals surface area (Å²) >= 11 is 1.73. The minimum absolute atomic E-state index is 0.610. The second-order valence-electron chi connectivity index (χ2n) is 14.2. The molecule has 11 aromatic rings. The van der Waals surface area contributed by atoms with Crippen molar-refractivity contribution in [3.63, 3.8) is 0 Å². The minimum Gasteiger partial charge on any atom is -0.455 e. The summed E-state index contributed by atoms with van der Waals surface area (Å²) in [6.07, 6.45) is 0. The van der Waals surface area contributed by atoms with E-state index in [9.17, 15) is 0 Å². The van der Waals surface area contributed by atoms with Crippen LogP contribution in [-0.4, -0.2) is 19.9 Å². The lowest BCUT2D eigenvalue weighted by atomic mass is 9.99. The molecular formula is C52H32N4OS. The Morgan fingerprint density at radius 2 is 0.879 bits per heavy atom. The highest BCUT2D eigenvalue weighted by molar-refractivity contribution is 7.21. The van der Waals surface area contributed by atoms with Crippen molar-refractivity contribution in [3.8, 4) is 78.1 Å².